The van der Waals surface area contributed by atoms with Crippen molar-refractivity contribution in [1.29, 1.82) is 0 Å². The molecule has 0 radical (unpaired) electrons. The molecule has 5 heteroatoms. The first kappa shape index (κ1) is 11.4. The van der Waals surface area contributed by atoms with Crippen LogP contribution in [0.2, 0.25) is 0 Å². The molecule has 1 amide bonds. The Kier molecular flexibility index (Phi) is 4.82. The summed E-state index contributed by atoms with van der Waals surface area (Å²) in [5.74, 6) is 0.0214. The quantitative estimate of drug-likeness (QED) is 0.651. The summed E-state index contributed by atoms with van der Waals surface area (Å²) in [6, 6.07) is 0. The second-order valence-corrected chi connectivity index (χ2v) is 3.93. The van der Waals surface area contributed by atoms with E-state index >= 15 is 0 Å². The fraction of sp³-hybridized carbons (Fsp3) is 0.778. The van der Waals surface area contributed by atoms with Crippen LogP contribution in [0.25, 0.3) is 0 Å². The number of hydrogen-bond donors (Lipinski definition) is 2. The summed E-state index contributed by atoms with van der Waals surface area (Å²) in [5, 5.41) is 2.75. The molecule has 1 aliphatic heterocycles. The van der Waals surface area contributed by atoms with Crippen molar-refractivity contribution in [3.8, 4) is 0 Å². The molecule has 0 aromatic heterocycles. The SMILES string of the molecule is NC(=S)CCNC(=O)CC1CCCO1. The Labute approximate surface area is 89.2 Å². The summed E-state index contributed by atoms with van der Waals surface area (Å²) >= 11 is 4.69. The Morgan fingerprint density at radius 1 is 1.64 bits per heavy atom. The highest BCUT2D eigenvalue weighted by Gasteiger charge is 2.18. The lowest BCUT2D eigenvalue weighted by atomic mass is 10.2. The van der Waals surface area contributed by atoms with Crippen LogP contribution in [0.3, 0.4) is 0 Å². The van der Waals surface area contributed by atoms with Crippen LogP contribution in [0.4, 0.5) is 0 Å². The van der Waals surface area contributed by atoms with Gasteiger partial charge >= 0.3 is 0 Å². The molecule has 0 aromatic rings. The van der Waals surface area contributed by atoms with Crippen molar-refractivity contribution in [3.05, 3.63) is 0 Å². The van der Waals surface area contributed by atoms with Gasteiger partial charge in [-0.05, 0) is 12.8 Å². The first-order valence-corrected chi connectivity index (χ1v) is 5.26. The Balaban J connectivity index is 2.06. The highest BCUT2D eigenvalue weighted by Crippen LogP contribution is 2.14. The largest absolute Gasteiger partial charge is 0.393 e. The van der Waals surface area contributed by atoms with E-state index in [0.717, 1.165) is 19.4 Å². The van der Waals surface area contributed by atoms with Crippen LogP contribution in [0.5, 0.6) is 0 Å². The number of carbonyl (C=O) groups is 1. The van der Waals surface area contributed by atoms with Crippen molar-refractivity contribution in [2.75, 3.05) is 13.2 Å². The summed E-state index contributed by atoms with van der Waals surface area (Å²) in [7, 11) is 0. The van der Waals surface area contributed by atoms with E-state index < -0.39 is 0 Å². The van der Waals surface area contributed by atoms with Crippen LogP contribution in [-0.2, 0) is 9.53 Å². The maximum Gasteiger partial charge on any atom is 0.222 e. The van der Waals surface area contributed by atoms with E-state index in [1.165, 1.54) is 0 Å². The van der Waals surface area contributed by atoms with Crippen LogP contribution in [0.1, 0.15) is 25.7 Å². The van der Waals surface area contributed by atoms with E-state index in [9.17, 15) is 4.79 Å². The average Bonchev–Trinajstić information content (AvgIpc) is 2.56. The third kappa shape index (κ3) is 4.53. The van der Waals surface area contributed by atoms with Crippen LogP contribution in [0, 0.1) is 0 Å². The van der Waals surface area contributed by atoms with Gasteiger partial charge in [0.2, 0.25) is 5.91 Å². The monoisotopic (exact) mass is 216 g/mol. The number of amides is 1. The summed E-state index contributed by atoms with van der Waals surface area (Å²) in [5.41, 5.74) is 5.30. The molecule has 1 aliphatic rings. The zero-order valence-corrected chi connectivity index (χ0v) is 8.94. The molecule has 0 aromatic carbocycles. The zero-order valence-electron chi connectivity index (χ0n) is 8.12. The molecule has 1 saturated heterocycles. The number of hydrogen-bond acceptors (Lipinski definition) is 3. The number of nitrogens with two attached hydrogens (primary N) is 1. The van der Waals surface area contributed by atoms with Crippen molar-refractivity contribution in [3.63, 3.8) is 0 Å². The molecular formula is C9H16N2O2S. The highest BCUT2D eigenvalue weighted by molar-refractivity contribution is 7.80. The van der Waals surface area contributed by atoms with Crippen molar-refractivity contribution in [2.45, 2.75) is 31.8 Å². The number of rotatable bonds is 5. The van der Waals surface area contributed by atoms with Gasteiger partial charge in [-0.2, -0.15) is 0 Å². The van der Waals surface area contributed by atoms with Gasteiger partial charge < -0.3 is 15.8 Å². The van der Waals surface area contributed by atoms with Gasteiger partial charge in [-0.15, -0.1) is 0 Å². The third-order valence-corrected chi connectivity index (χ3v) is 2.33. The zero-order chi connectivity index (χ0) is 10.4. The molecule has 1 rings (SSSR count). The number of ether oxygens (including phenoxy) is 1. The van der Waals surface area contributed by atoms with Gasteiger partial charge in [0.25, 0.3) is 0 Å². The van der Waals surface area contributed by atoms with Crippen LogP contribution < -0.4 is 11.1 Å². The molecule has 0 bridgehead atoms. The van der Waals surface area contributed by atoms with Gasteiger partial charge in [0.15, 0.2) is 0 Å². The standard InChI is InChI=1S/C9H16N2O2S/c10-8(14)3-4-11-9(12)6-7-2-1-5-13-7/h7H,1-6H2,(H2,10,14)(H,11,12). The van der Waals surface area contributed by atoms with E-state index in [2.05, 4.69) is 5.32 Å². The molecule has 3 N–H and O–H groups in total. The molecule has 4 nitrogen and oxygen atoms in total. The number of thiocarbonyl (C=S) groups is 1. The molecule has 80 valence electrons. The minimum absolute atomic E-state index is 0.0214. The van der Waals surface area contributed by atoms with Crippen LogP contribution in [-0.4, -0.2) is 30.2 Å². The lowest BCUT2D eigenvalue weighted by Gasteiger charge is -2.09. The van der Waals surface area contributed by atoms with E-state index in [4.69, 9.17) is 22.7 Å². The predicted octanol–water partition coefficient (Wildman–Crippen LogP) is 0.348. The summed E-state index contributed by atoms with van der Waals surface area (Å²) in [6.07, 6.45) is 3.18. The molecule has 1 unspecified atom stereocenters. The second-order valence-electron chi connectivity index (χ2n) is 3.41. The minimum Gasteiger partial charge on any atom is -0.393 e. The second kappa shape index (κ2) is 5.93. The van der Waals surface area contributed by atoms with Gasteiger partial charge in [-0.25, -0.2) is 0 Å². The van der Waals surface area contributed by atoms with Crippen LogP contribution >= 0.6 is 12.2 Å². The molecule has 0 aliphatic carbocycles. The lowest BCUT2D eigenvalue weighted by molar-refractivity contribution is -0.123. The van der Waals surface area contributed by atoms with Crippen molar-refractivity contribution in [1.82, 2.24) is 5.32 Å². The van der Waals surface area contributed by atoms with E-state index in [-0.39, 0.29) is 12.0 Å². The predicted molar refractivity (Wildman–Crippen MR) is 58.0 cm³/mol. The Morgan fingerprint density at radius 2 is 2.43 bits per heavy atom. The summed E-state index contributed by atoms with van der Waals surface area (Å²) < 4.78 is 5.34. The Hall–Kier alpha value is -0.680. The molecule has 14 heavy (non-hydrogen) atoms. The molecule has 0 saturated carbocycles. The molecule has 1 fully saturated rings. The first-order valence-electron chi connectivity index (χ1n) is 4.85. The van der Waals surface area contributed by atoms with Gasteiger partial charge in [-0.3, -0.25) is 4.79 Å². The van der Waals surface area contributed by atoms with E-state index in [1.54, 1.807) is 0 Å². The minimum atomic E-state index is 0.0214. The van der Waals surface area contributed by atoms with Crippen molar-refractivity contribution in [2.24, 2.45) is 5.73 Å². The summed E-state index contributed by atoms with van der Waals surface area (Å²) in [4.78, 5) is 11.7. The van der Waals surface area contributed by atoms with E-state index in [1.807, 2.05) is 0 Å². The average molecular weight is 216 g/mol. The van der Waals surface area contributed by atoms with Crippen molar-refractivity contribution >= 4 is 23.1 Å². The first-order chi connectivity index (χ1) is 6.68. The number of carbonyl (C=O) groups excluding carboxylic acids is 1. The topological polar surface area (TPSA) is 64.3 Å². The number of nitrogens with one attached hydrogen (secondary N) is 1. The third-order valence-electron chi connectivity index (χ3n) is 2.13. The lowest BCUT2D eigenvalue weighted by Crippen LogP contribution is -2.29. The normalized spacial score (nSPS) is 20.7. The maximum atomic E-state index is 11.3. The fourth-order valence-corrected chi connectivity index (χ4v) is 1.51. The Morgan fingerprint density at radius 3 is 3.00 bits per heavy atom. The van der Waals surface area contributed by atoms with Gasteiger partial charge in [-0.1, -0.05) is 12.2 Å². The molecule has 0 spiro atoms. The van der Waals surface area contributed by atoms with Gasteiger partial charge in [0.05, 0.1) is 17.5 Å². The van der Waals surface area contributed by atoms with Gasteiger partial charge in [0, 0.05) is 19.6 Å². The maximum absolute atomic E-state index is 11.3. The smallest absolute Gasteiger partial charge is 0.222 e. The molecule has 1 atom stereocenters. The Bertz CT molecular complexity index is 215. The summed E-state index contributed by atoms with van der Waals surface area (Å²) in [6.45, 7) is 1.31. The van der Waals surface area contributed by atoms with Gasteiger partial charge in [0.1, 0.15) is 0 Å². The van der Waals surface area contributed by atoms with E-state index in [0.29, 0.717) is 24.4 Å². The fourth-order valence-electron chi connectivity index (χ4n) is 1.41. The van der Waals surface area contributed by atoms with Crippen LogP contribution in [0.15, 0.2) is 0 Å². The highest BCUT2D eigenvalue weighted by atomic mass is 32.1. The molecule has 1 heterocycles. The van der Waals surface area contributed by atoms with Crippen molar-refractivity contribution < 1.29 is 9.53 Å². The molecular weight excluding hydrogens is 200 g/mol.